The molecule has 0 bridgehead atoms. The van der Waals surface area contributed by atoms with E-state index in [4.69, 9.17) is 14.5 Å². The van der Waals surface area contributed by atoms with Crippen LogP contribution >= 0.6 is 0 Å². The van der Waals surface area contributed by atoms with Crippen molar-refractivity contribution in [3.05, 3.63) is 29.3 Å². The fraction of sp³-hybridized carbons (Fsp3) is 0.588. The van der Waals surface area contributed by atoms with E-state index in [0.29, 0.717) is 12.5 Å². The molecule has 0 amide bonds. The Morgan fingerprint density at radius 3 is 2.76 bits per heavy atom. The lowest BCUT2D eigenvalue weighted by Crippen LogP contribution is -2.31. The monoisotopic (exact) mass is 290 g/mol. The number of fused-ring (bicyclic) bond motifs is 1. The smallest absolute Gasteiger partial charge is 0.119 e. The number of hydrogen-bond donors (Lipinski definition) is 0. The molecular weight excluding hydrogens is 264 g/mol. The van der Waals surface area contributed by atoms with Gasteiger partial charge in [-0.05, 0) is 35.6 Å². The zero-order valence-corrected chi connectivity index (χ0v) is 13.5. The Labute approximate surface area is 127 Å². The average Bonchev–Trinajstić information content (AvgIpc) is 2.50. The van der Waals surface area contributed by atoms with Crippen LogP contribution in [-0.4, -0.2) is 44.7 Å². The van der Waals surface area contributed by atoms with Crippen molar-refractivity contribution in [1.82, 2.24) is 4.90 Å². The van der Waals surface area contributed by atoms with E-state index < -0.39 is 0 Å². The maximum Gasteiger partial charge on any atom is 0.119 e. The van der Waals surface area contributed by atoms with E-state index in [-0.39, 0.29) is 6.04 Å². The zero-order valence-electron chi connectivity index (χ0n) is 13.5. The second-order valence-electron chi connectivity index (χ2n) is 5.89. The lowest BCUT2D eigenvalue weighted by molar-refractivity contribution is 0.164. The summed E-state index contributed by atoms with van der Waals surface area (Å²) in [7, 11) is 3.45. The average molecular weight is 290 g/mol. The fourth-order valence-electron chi connectivity index (χ4n) is 2.54. The van der Waals surface area contributed by atoms with Crippen LogP contribution in [0.25, 0.3) is 0 Å². The van der Waals surface area contributed by atoms with Gasteiger partial charge in [0, 0.05) is 20.2 Å². The van der Waals surface area contributed by atoms with Gasteiger partial charge >= 0.3 is 0 Å². The highest BCUT2D eigenvalue weighted by Crippen LogP contribution is 2.23. The minimum Gasteiger partial charge on any atom is -0.497 e. The van der Waals surface area contributed by atoms with Crippen LogP contribution < -0.4 is 4.74 Å². The molecule has 0 aliphatic carbocycles. The predicted molar refractivity (Wildman–Crippen MR) is 86.1 cm³/mol. The van der Waals surface area contributed by atoms with Gasteiger partial charge in [0.05, 0.1) is 26.1 Å². The molecule has 1 atom stereocenters. The van der Waals surface area contributed by atoms with Gasteiger partial charge in [0.2, 0.25) is 0 Å². The first-order valence-electron chi connectivity index (χ1n) is 7.56. The predicted octanol–water partition coefficient (Wildman–Crippen LogP) is 2.75. The number of benzene rings is 1. The SMILES string of the molecule is COC[C@@H](N=CN1CCc2cc(OC)ccc2C1)C(C)C. The molecule has 1 heterocycles. The van der Waals surface area contributed by atoms with Crippen molar-refractivity contribution >= 4 is 6.34 Å². The molecule has 0 unspecified atom stereocenters. The Hall–Kier alpha value is -1.55. The summed E-state index contributed by atoms with van der Waals surface area (Å²) in [5, 5.41) is 0. The molecule has 1 aliphatic heterocycles. The topological polar surface area (TPSA) is 34.1 Å². The molecule has 21 heavy (non-hydrogen) atoms. The maximum atomic E-state index is 5.29. The van der Waals surface area contributed by atoms with Crippen LogP contribution in [0.3, 0.4) is 0 Å². The van der Waals surface area contributed by atoms with Gasteiger partial charge in [0.15, 0.2) is 0 Å². The molecule has 0 saturated carbocycles. The van der Waals surface area contributed by atoms with E-state index in [0.717, 1.165) is 25.3 Å². The van der Waals surface area contributed by atoms with Crippen LogP contribution in [0.5, 0.6) is 5.75 Å². The molecule has 1 aromatic carbocycles. The molecule has 4 heteroatoms. The summed E-state index contributed by atoms with van der Waals surface area (Å²) < 4.78 is 10.5. The lowest BCUT2D eigenvalue weighted by atomic mass is 10.00. The van der Waals surface area contributed by atoms with Crippen molar-refractivity contribution in [2.24, 2.45) is 10.9 Å². The third kappa shape index (κ3) is 4.21. The van der Waals surface area contributed by atoms with Gasteiger partial charge in [-0.15, -0.1) is 0 Å². The summed E-state index contributed by atoms with van der Waals surface area (Å²) in [5.74, 6) is 1.43. The van der Waals surface area contributed by atoms with Gasteiger partial charge in [-0.3, -0.25) is 4.99 Å². The molecule has 4 nitrogen and oxygen atoms in total. The van der Waals surface area contributed by atoms with Crippen LogP contribution in [-0.2, 0) is 17.7 Å². The number of hydrogen-bond acceptors (Lipinski definition) is 3. The molecule has 0 aromatic heterocycles. The van der Waals surface area contributed by atoms with Crippen molar-refractivity contribution in [3.63, 3.8) is 0 Å². The molecular formula is C17H26N2O2. The normalized spacial score (nSPS) is 16.3. The minimum absolute atomic E-state index is 0.229. The zero-order chi connectivity index (χ0) is 15.2. The first-order chi connectivity index (χ1) is 10.1. The Bertz CT molecular complexity index is 486. The van der Waals surface area contributed by atoms with Crippen molar-refractivity contribution < 1.29 is 9.47 Å². The highest BCUT2D eigenvalue weighted by atomic mass is 16.5. The molecule has 0 saturated heterocycles. The Balaban J connectivity index is 2.00. The molecule has 0 fully saturated rings. The highest BCUT2D eigenvalue weighted by Gasteiger charge is 2.16. The number of methoxy groups -OCH3 is 2. The Morgan fingerprint density at radius 1 is 1.29 bits per heavy atom. The van der Waals surface area contributed by atoms with E-state index in [1.54, 1.807) is 14.2 Å². The summed E-state index contributed by atoms with van der Waals surface area (Å²) in [6.45, 7) is 6.95. The second kappa shape index (κ2) is 7.46. The summed E-state index contributed by atoms with van der Waals surface area (Å²) in [6, 6.07) is 6.56. The number of nitrogens with zero attached hydrogens (tertiary/aromatic N) is 2. The van der Waals surface area contributed by atoms with Crippen molar-refractivity contribution in [2.45, 2.75) is 32.9 Å². The molecule has 1 aromatic rings. The summed E-state index contributed by atoms with van der Waals surface area (Å²) in [4.78, 5) is 6.97. The van der Waals surface area contributed by atoms with Crippen LogP contribution in [0.2, 0.25) is 0 Å². The second-order valence-corrected chi connectivity index (χ2v) is 5.89. The standard InChI is InChI=1S/C17H26N2O2/c1-13(2)17(11-20-3)18-12-19-8-7-14-9-16(21-4)6-5-15(14)10-19/h5-6,9,12-13,17H,7-8,10-11H2,1-4H3/t17-/m1/s1. The summed E-state index contributed by atoms with van der Waals surface area (Å²) >= 11 is 0. The first kappa shape index (κ1) is 15.8. The van der Waals surface area contributed by atoms with Crippen molar-refractivity contribution in [1.29, 1.82) is 0 Å². The number of rotatable bonds is 6. The van der Waals surface area contributed by atoms with Crippen LogP contribution in [0, 0.1) is 5.92 Å². The van der Waals surface area contributed by atoms with E-state index in [2.05, 4.69) is 30.9 Å². The van der Waals surface area contributed by atoms with Crippen molar-refractivity contribution in [2.75, 3.05) is 27.4 Å². The van der Waals surface area contributed by atoms with Gasteiger partial charge in [-0.1, -0.05) is 19.9 Å². The van der Waals surface area contributed by atoms with E-state index in [1.807, 2.05) is 12.4 Å². The van der Waals surface area contributed by atoms with E-state index in [9.17, 15) is 0 Å². The highest BCUT2D eigenvalue weighted by molar-refractivity contribution is 5.56. The first-order valence-corrected chi connectivity index (χ1v) is 7.56. The molecule has 0 radical (unpaired) electrons. The van der Waals surface area contributed by atoms with Gasteiger partial charge < -0.3 is 14.4 Å². The third-order valence-corrected chi connectivity index (χ3v) is 3.98. The Morgan fingerprint density at radius 2 is 2.10 bits per heavy atom. The fourth-order valence-corrected chi connectivity index (χ4v) is 2.54. The molecule has 0 spiro atoms. The van der Waals surface area contributed by atoms with E-state index in [1.165, 1.54) is 11.1 Å². The number of aliphatic imine (C=N–C) groups is 1. The molecule has 2 rings (SSSR count). The summed E-state index contributed by atoms with van der Waals surface area (Å²) in [5.41, 5.74) is 2.75. The van der Waals surface area contributed by atoms with Crippen LogP contribution in [0.15, 0.2) is 23.2 Å². The molecule has 116 valence electrons. The lowest BCUT2D eigenvalue weighted by Gasteiger charge is -2.28. The number of ether oxygens (including phenoxy) is 2. The van der Waals surface area contributed by atoms with Crippen molar-refractivity contribution in [3.8, 4) is 5.75 Å². The minimum atomic E-state index is 0.229. The quantitative estimate of drug-likeness (QED) is 0.597. The summed E-state index contributed by atoms with van der Waals surface area (Å²) in [6.07, 6.45) is 3.03. The molecule has 0 N–H and O–H groups in total. The van der Waals surface area contributed by atoms with Gasteiger partial charge in [-0.25, -0.2) is 0 Å². The van der Waals surface area contributed by atoms with Crippen LogP contribution in [0.1, 0.15) is 25.0 Å². The van der Waals surface area contributed by atoms with Gasteiger partial charge in [0.25, 0.3) is 0 Å². The third-order valence-electron chi connectivity index (χ3n) is 3.98. The maximum absolute atomic E-state index is 5.29. The Kier molecular flexibility index (Phi) is 5.62. The molecule has 1 aliphatic rings. The van der Waals surface area contributed by atoms with Crippen LogP contribution in [0.4, 0.5) is 0 Å². The van der Waals surface area contributed by atoms with Gasteiger partial charge in [0.1, 0.15) is 5.75 Å². The van der Waals surface area contributed by atoms with Gasteiger partial charge in [-0.2, -0.15) is 0 Å². The van der Waals surface area contributed by atoms with E-state index >= 15 is 0 Å². The largest absolute Gasteiger partial charge is 0.497 e.